The third kappa shape index (κ3) is 3.28. The van der Waals surface area contributed by atoms with E-state index in [0.717, 1.165) is 16.3 Å². The van der Waals surface area contributed by atoms with Crippen molar-refractivity contribution in [1.29, 1.82) is 0 Å². The summed E-state index contributed by atoms with van der Waals surface area (Å²) in [5, 5.41) is 12.8. The number of nitrogens with zero attached hydrogens (tertiary/aromatic N) is 3. The highest BCUT2D eigenvalue weighted by Gasteiger charge is 2.27. The van der Waals surface area contributed by atoms with Gasteiger partial charge in [0.1, 0.15) is 0 Å². The summed E-state index contributed by atoms with van der Waals surface area (Å²) >= 11 is 0. The van der Waals surface area contributed by atoms with Crippen molar-refractivity contribution in [2.45, 2.75) is 31.9 Å². The number of aliphatic hydroxyl groups is 1. The molecule has 0 saturated carbocycles. The molecule has 1 aliphatic heterocycles. The average molecular weight is 401 g/mol. The number of aromatic nitrogens is 3. The number of hydrogen-bond acceptors (Lipinski definition) is 5. The molecule has 30 heavy (non-hydrogen) atoms. The Bertz CT molecular complexity index is 1300. The molecule has 2 aromatic heterocycles. The van der Waals surface area contributed by atoms with Gasteiger partial charge in [0.2, 0.25) is 0 Å². The lowest BCUT2D eigenvalue weighted by atomic mass is 9.96. The maximum atomic E-state index is 13.4. The lowest BCUT2D eigenvalue weighted by Gasteiger charge is -2.29. The second-order valence-electron chi connectivity index (χ2n) is 7.97. The quantitative estimate of drug-likeness (QED) is 0.534. The Morgan fingerprint density at radius 3 is 2.93 bits per heavy atom. The van der Waals surface area contributed by atoms with E-state index in [1.807, 2.05) is 24.4 Å². The molecule has 2 atom stereocenters. The Labute approximate surface area is 173 Å². The van der Waals surface area contributed by atoms with Crippen molar-refractivity contribution in [2.75, 3.05) is 13.2 Å². The molecular formula is C24H23N3O3. The van der Waals surface area contributed by atoms with Crippen molar-refractivity contribution in [2.24, 2.45) is 0 Å². The average Bonchev–Trinajstić information content (AvgIpc) is 2.75. The Balaban J connectivity index is 1.71. The van der Waals surface area contributed by atoms with Crippen LogP contribution in [0.2, 0.25) is 0 Å². The highest BCUT2D eigenvalue weighted by Crippen LogP contribution is 2.28. The fourth-order valence-corrected chi connectivity index (χ4v) is 4.40. The van der Waals surface area contributed by atoms with E-state index in [9.17, 15) is 9.90 Å². The molecule has 1 aliphatic rings. The summed E-state index contributed by atoms with van der Waals surface area (Å²) in [5.74, 6) is 0. The van der Waals surface area contributed by atoms with E-state index in [1.54, 1.807) is 17.1 Å². The molecule has 1 N–H and O–H groups in total. The summed E-state index contributed by atoms with van der Waals surface area (Å²) in [5.41, 5.74) is 3.97. The van der Waals surface area contributed by atoms with Gasteiger partial charge in [0.05, 0.1) is 36.0 Å². The molecule has 1 fully saturated rings. The molecule has 3 heterocycles. The van der Waals surface area contributed by atoms with Gasteiger partial charge in [-0.1, -0.05) is 29.8 Å². The van der Waals surface area contributed by atoms with Gasteiger partial charge in [-0.25, -0.2) is 4.98 Å². The molecule has 6 nitrogen and oxygen atoms in total. The minimum atomic E-state index is -0.716. The lowest BCUT2D eigenvalue weighted by Crippen LogP contribution is -2.39. The van der Waals surface area contributed by atoms with Gasteiger partial charge < -0.3 is 9.84 Å². The van der Waals surface area contributed by atoms with Crippen LogP contribution in [0.5, 0.6) is 0 Å². The first kappa shape index (κ1) is 18.9. The molecule has 6 heteroatoms. The van der Waals surface area contributed by atoms with Crippen molar-refractivity contribution in [3.05, 3.63) is 82.2 Å². The standard InChI is InChI=1S/C24H23N3O3/c1-15-3-2-4-16(9-15)10-17-11-19-23(18-5-7-25-12-20(17)18)26-14-27(24(19)29)21-6-8-30-13-22(21)28/h2-5,7,9,11-12,14,21-22,28H,6,8,10,13H2,1H3/t21-,22-/m0/s1. The van der Waals surface area contributed by atoms with Crippen LogP contribution < -0.4 is 5.56 Å². The van der Waals surface area contributed by atoms with Crippen molar-refractivity contribution in [1.82, 2.24) is 14.5 Å². The van der Waals surface area contributed by atoms with Crippen LogP contribution in [0.25, 0.3) is 21.7 Å². The molecule has 4 aromatic rings. The van der Waals surface area contributed by atoms with E-state index < -0.39 is 6.10 Å². The molecule has 0 bridgehead atoms. The summed E-state index contributed by atoms with van der Waals surface area (Å²) in [6, 6.07) is 11.9. The van der Waals surface area contributed by atoms with Crippen LogP contribution >= 0.6 is 0 Å². The van der Waals surface area contributed by atoms with E-state index in [-0.39, 0.29) is 18.2 Å². The minimum Gasteiger partial charge on any atom is -0.389 e. The van der Waals surface area contributed by atoms with Gasteiger partial charge in [-0.3, -0.25) is 14.3 Å². The number of ether oxygens (including phenoxy) is 1. The van der Waals surface area contributed by atoms with E-state index in [4.69, 9.17) is 4.74 Å². The van der Waals surface area contributed by atoms with Crippen LogP contribution in [-0.2, 0) is 11.2 Å². The number of aliphatic hydroxyl groups excluding tert-OH is 1. The van der Waals surface area contributed by atoms with Crippen LogP contribution in [-0.4, -0.2) is 39.0 Å². The van der Waals surface area contributed by atoms with Crippen LogP contribution in [0.15, 0.2) is 59.9 Å². The second kappa shape index (κ2) is 7.63. The Hall–Kier alpha value is -3.09. The monoisotopic (exact) mass is 401 g/mol. The molecule has 5 rings (SSSR count). The largest absolute Gasteiger partial charge is 0.389 e. The molecule has 0 amide bonds. The topological polar surface area (TPSA) is 77.2 Å². The minimum absolute atomic E-state index is 0.129. The van der Waals surface area contributed by atoms with Crippen molar-refractivity contribution >= 4 is 21.7 Å². The first-order chi connectivity index (χ1) is 14.6. The third-order valence-corrected chi connectivity index (χ3v) is 5.90. The molecule has 0 spiro atoms. The van der Waals surface area contributed by atoms with Gasteiger partial charge >= 0.3 is 0 Å². The van der Waals surface area contributed by atoms with Gasteiger partial charge in [-0.2, -0.15) is 0 Å². The summed E-state index contributed by atoms with van der Waals surface area (Å²) in [4.78, 5) is 22.4. The maximum Gasteiger partial charge on any atom is 0.261 e. The fraction of sp³-hybridized carbons (Fsp3) is 0.292. The summed E-state index contributed by atoms with van der Waals surface area (Å²) in [6.07, 6.45) is 5.70. The van der Waals surface area contributed by atoms with Gasteiger partial charge in [0.25, 0.3) is 5.56 Å². The predicted molar refractivity (Wildman–Crippen MR) is 116 cm³/mol. The first-order valence-electron chi connectivity index (χ1n) is 10.2. The zero-order valence-corrected chi connectivity index (χ0v) is 16.8. The molecule has 0 aliphatic carbocycles. The SMILES string of the molecule is Cc1cccc(Cc2cc3c(=O)n([C@H]4CCOC[C@@H]4O)cnc3c3ccncc23)c1. The van der Waals surface area contributed by atoms with Crippen LogP contribution in [0.1, 0.15) is 29.2 Å². The molecule has 152 valence electrons. The van der Waals surface area contributed by atoms with Crippen molar-refractivity contribution in [3.63, 3.8) is 0 Å². The van der Waals surface area contributed by atoms with Gasteiger partial charge in [0.15, 0.2) is 0 Å². The zero-order chi connectivity index (χ0) is 20.7. The van der Waals surface area contributed by atoms with Gasteiger partial charge in [0, 0.05) is 29.8 Å². The molecule has 2 aromatic carbocycles. The Morgan fingerprint density at radius 1 is 1.20 bits per heavy atom. The zero-order valence-electron chi connectivity index (χ0n) is 16.8. The molecule has 0 radical (unpaired) electrons. The Morgan fingerprint density at radius 2 is 2.10 bits per heavy atom. The number of fused-ring (bicyclic) bond motifs is 3. The van der Waals surface area contributed by atoms with Crippen molar-refractivity contribution in [3.8, 4) is 0 Å². The number of pyridine rings is 1. The maximum absolute atomic E-state index is 13.4. The van der Waals surface area contributed by atoms with Crippen LogP contribution in [0.4, 0.5) is 0 Å². The van der Waals surface area contributed by atoms with Gasteiger partial charge in [-0.15, -0.1) is 0 Å². The van der Waals surface area contributed by atoms with Crippen molar-refractivity contribution < 1.29 is 9.84 Å². The van der Waals surface area contributed by atoms with E-state index in [1.165, 1.54) is 11.1 Å². The lowest BCUT2D eigenvalue weighted by molar-refractivity contribution is -0.0395. The summed E-state index contributed by atoms with van der Waals surface area (Å²) in [7, 11) is 0. The molecule has 1 saturated heterocycles. The van der Waals surface area contributed by atoms with Crippen LogP contribution in [0.3, 0.4) is 0 Å². The first-order valence-corrected chi connectivity index (χ1v) is 10.2. The highest BCUT2D eigenvalue weighted by molar-refractivity contribution is 6.06. The molecule has 0 unspecified atom stereocenters. The van der Waals surface area contributed by atoms with E-state index >= 15 is 0 Å². The second-order valence-corrected chi connectivity index (χ2v) is 7.97. The number of benzene rings is 2. The van der Waals surface area contributed by atoms with E-state index in [2.05, 4.69) is 35.1 Å². The normalized spacial score (nSPS) is 19.4. The van der Waals surface area contributed by atoms with E-state index in [0.29, 0.717) is 30.4 Å². The predicted octanol–water partition coefficient (Wildman–Crippen LogP) is 3.17. The number of rotatable bonds is 3. The highest BCUT2D eigenvalue weighted by atomic mass is 16.5. The van der Waals surface area contributed by atoms with Gasteiger partial charge in [-0.05, 0) is 43.0 Å². The number of aryl methyl sites for hydroxylation is 1. The summed E-state index contributed by atoms with van der Waals surface area (Å²) in [6.45, 7) is 2.83. The summed E-state index contributed by atoms with van der Waals surface area (Å²) < 4.78 is 6.89. The Kier molecular flexibility index (Phi) is 4.81. The molecular weight excluding hydrogens is 378 g/mol. The smallest absolute Gasteiger partial charge is 0.261 e. The third-order valence-electron chi connectivity index (χ3n) is 5.90. The van der Waals surface area contributed by atoms with Crippen LogP contribution in [0, 0.1) is 6.92 Å². The number of hydrogen-bond donors (Lipinski definition) is 1. The fourth-order valence-electron chi connectivity index (χ4n) is 4.40.